The largest absolute Gasteiger partial charge is 0.361 e. The van der Waals surface area contributed by atoms with Crippen LogP contribution in [0.3, 0.4) is 0 Å². The van der Waals surface area contributed by atoms with Gasteiger partial charge in [0.1, 0.15) is 5.82 Å². The van der Waals surface area contributed by atoms with Crippen LogP contribution >= 0.6 is 0 Å². The van der Waals surface area contributed by atoms with Crippen LogP contribution in [-0.2, 0) is 13.0 Å². The Labute approximate surface area is 154 Å². The van der Waals surface area contributed by atoms with Crippen LogP contribution < -0.4 is 0 Å². The molecule has 2 heterocycles. The Bertz CT molecular complexity index is 840. The third-order valence-electron chi connectivity index (χ3n) is 5.37. The summed E-state index contributed by atoms with van der Waals surface area (Å²) in [6.07, 6.45) is 4.43. The second-order valence-electron chi connectivity index (χ2n) is 7.21. The predicted molar refractivity (Wildman–Crippen MR) is 105 cm³/mol. The van der Waals surface area contributed by atoms with Gasteiger partial charge in [0.15, 0.2) is 0 Å². The van der Waals surface area contributed by atoms with Gasteiger partial charge in [0.25, 0.3) is 0 Å². The molecule has 1 N–H and O–H groups in total. The average molecular weight is 351 g/mol. The minimum absolute atomic E-state index is 0.159. The van der Waals surface area contributed by atoms with Crippen LogP contribution in [0.2, 0.25) is 0 Å². The van der Waals surface area contributed by atoms with Crippen LogP contribution in [0.15, 0.2) is 54.7 Å². The van der Waals surface area contributed by atoms with Crippen LogP contribution in [0.1, 0.15) is 17.5 Å². The quantitative estimate of drug-likeness (QED) is 0.749. The Hall–Kier alpha value is -2.17. The molecule has 1 aromatic heterocycles. The molecule has 0 atom stereocenters. The summed E-state index contributed by atoms with van der Waals surface area (Å²) in [5.74, 6) is -0.159. The highest BCUT2D eigenvalue weighted by atomic mass is 19.1. The number of halogens is 1. The fourth-order valence-electron chi connectivity index (χ4n) is 3.87. The molecule has 0 unspecified atom stereocenters. The van der Waals surface area contributed by atoms with Crippen molar-refractivity contribution in [3.63, 3.8) is 0 Å². The summed E-state index contributed by atoms with van der Waals surface area (Å²) in [4.78, 5) is 8.43. The van der Waals surface area contributed by atoms with E-state index < -0.39 is 0 Å². The number of H-pyrrole nitrogens is 1. The number of nitrogens with one attached hydrogen (secondary N) is 1. The highest BCUT2D eigenvalue weighted by molar-refractivity contribution is 5.83. The second kappa shape index (κ2) is 8.02. The van der Waals surface area contributed by atoms with E-state index in [9.17, 15) is 4.39 Å². The van der Waals surface area contributed by atoms with Gasteiger partial charge in [-0.15, -0.1) is 0 Å². The monoisotopic (exact) mass is 351 g/mol. The van der Waals surface area contributed by atoms with Gasteiger partial charge < -0.3 is 9.88 Å². The van der Waals surface area contributed by atoms with Gasteiger partial charge in [-0.05, 0) is 55.3 Å². The Kier molecular flexibility index (Phi) is 5.32. The Balaban J connectivity index is 1.30. The number of fused-ring (bicyclic) bond motifs is 1. The summed E-state index contributed by atoms with van der Waals surface area (Å²) >= 11 is 0. The summed E-state index contributed by atoms with van der Waals surface area (Å²) in [5.41, 5.74) is 3.83. The normalized spacial score (nSPS) is 16.8. The molecule has 0 radical (unpaired) electrons. The molecule has 1 aliphatic heterocycles. The molecule has 4 heteroatoms. The SMILES string of the molecule is Fc1ccc(CN2CCCN(CCc3c[nH]c4ccccc34)CC2)cc1. The minimum Gasteiger partial charge on any atom is -0.361 e. The molecular weight excluding hydrogens is 325 g/mol. The van der Waals surface area contributed by atoms with Crippen LogP contribution in [0.5, 0.6) is 0 Å². The molecule has 0 aliphatic carbocycles. The molecule has 3 aromatic rings. The first-order chi connectivity index (χ1) is 12.8. The molecule has 2 aromatic carbocycles. The topological polar surface area (TPSA) is 22.3 Å². The zero-order valence-electron chi connectivity index (χ0n) is 15.1. The summed E-state index contributed by atoms with van der Waals surface area (Å²) in [6.45, 7) is 6.46. The van der Waals surface area contributed by atoms with E-state index in [4.69, 9.17) is 0 Å². The van der Waals surface area contributed by atoms with Gasteiger partial charge in [0.2, 0.25) is 0 Å². The molecule has 0 bridgehead atoms. The van der Waals surface area contributed by atoms with E-state index in [1.165, 1.54) is 28.5 Å². The number of hydrogen-bond acceptors (Lipinski definition) is 2. The molecule has 0 spiro atoms. The number of hydrogen-bond donors (Lipinski definition) is 1. The highest BCUT2D eigenvalue weighted by Crippen LogP contribution is 2.18. The molecule has 136 valence electrons. The number of aromatic amines is 1. The Morgan fingerprint density at radius 1 is 0.885 bits per heavy atom. The van der Waals surface area contributed by atoms with Crippen LogP contribution in [0.25, 0.3) is 10.9 Å². The van der Waals surface area contributed by atoms with Gasteiger partial charge in [-0.3, -0.25) is 4.90 Å². The van der Waals surface area contributed by atoms with Crippen molar-refractivity contribution in [1.82, 2.24) is 14.8 Å². The Morgan fingerprint density at radius 3 is 2.54 bits per heavy atom. The van der Waals surface area contributed by atoms with Crippen molar-refractivity contribution < 1.29 is 4.39 Å². The number of para-hydroxylation sites is 1. The standard InChI is InChI=1S/C22H26FN3/c23-20-8-6-18(7-9-20)17-26-12-3-11-25(14-15-26)13-10-19-16-24-22-5-2-1-4-21(19)22/h1-2,4-9,16,24H,3,10-15,17H2. The lowest BCUT2D eigenvalue weighted by atomic mass is 10.1. The van der Waals surface area contributed by atoms with Gasteiger partial charge in [-0.2, -0.15) is 0 Å². The average Bonchev–Trinajstić information content (AvgIpc) is 2.95. The maximum Gasteiger partial charge on any atom is 0.123 e. The van der Waals surface area contributed by atoms with Crippen LogP contribution in [0, 0.1) is 5.82 Å². The molecule has 1 saturated heterocycles. The van der Waals surface area contributed by atoms with Gasteiger partial charge in [0, 0.05) is 43.3 Å². The highest BCUT2D eigenvalue weighted by Gasteiger charge is 2.15. The predicted octanol–water partition coefficient (Wildman–Crippen LogP) is 4.06. The molecule has 1 aliphatic rings. The van der Waals surface area contributed by atoms with Crippen molar-refractivity contribution in [1.29, 1.82) is 0 Å². The zero-order valence-corrected chi connectivity index (χ0v) is 15.1. The van der Waals surface area contributed by atoms with E-state index in [0.29, 0.717) is 0 Å². The lowest BCUT2D eigenvalue weighted by Gasteiger charge is -2.21. The lowest BCUT2D eigenvalue weighted by Crippen LogP contribution is -2.31. The maximum atomic E-state index is 13.1. The smallest absolute Gasteiger partial charge is 0.123 e. The summed E-state index contributed by atoms with van der Waals surface area (Å²) in [7, 11) is 0. The van der Waals surface area contributed by atoms with Crippen LogP contribution in [0.4, 0.5) is 4.39 Å². The number of aromatic nitrogens is 1. The fourth-order valence-corrected chi connectivity index (χ4v) is 3.87. The third kappa shape index (κ3) is 4.14. The van der Waals surface area contributed by atoms with E-state index in [1.807, 2.05) is 12.1 Å². The summed E-state index contributed by atoms with van der Waals surface area (Å²) in [6, 6.07) is 15.4. The Morgan fingerprint density at radius 2 is 1.65 bits per heavy atom. The van der Waals surface area contributed by atoms with E-state index in [2.05, 4.69) is 45.2 Å². The van der Waals surface area contributed by atoms with E-state index in [-0.39, 0.29) is 5.82 Å². The van der Waals surface area contributed by atoms with Gasteiger partial charge in [-0.1, -0.05) is 30.3 Å². The first-order valence-electron chi connectivity index (χ1n) is 9.52. The minimum atomic E-state index is -0.159. The van der Waals surface area contributed by atoms with Crippen molar-refractivity contribution in [3.05, 3.63) is 71.7 Å². The summed E-state index contributed by atoms with van der Waals surface area (Å²) < 4.78 is 13.1. The molecule has 4 rings (SSSR count). The first-order valence-corrected chi connectivity index (χ1v) is 9.52. The zero-order chi connectivity index (χ0) is 17.8. The van der Waals surface area contributed by atoms with Gasteiger partial charge in [-0.25, -0.2) is 4.39 Å². The van der Waals surface area contributed by atoms with Crippen molar-refractivity contribution in [3.8, 4) is 0 Å². The number of benzene rings is 2. The fraction of sp³-hybridized carbons (Fsp3) is 0.364. The van der Waals surface area contributed by atoms with Crippen molar-refractivity contribution in [2.45, 2.75) is 19.4 Å². The number of nitrogens with zero attached hydrogens (tertiary/aromatic N) is 2. The lowest BCUT2D eigenvalue weighted by molar-refractivity contribution is 0.253. The van der Waals surface area contributed by atoms with Crippen LogP contribution in [-0.4, -0.2) is 47.5 Å². The molecule has 0 saturated carbocycles. The van der Waals surface area contributed by atoms with Gasteiger partial charge >= 0.3 is 0 Å². The maximum absolute atomic E-state index is 13.1. The van der Waals surface area contributed by atoms with E-state index >= 15 is 0 Å². The second-order valence-corrected chi connectivity index (χ2v) is 7.21. The van der Waals surface area contributed by atoms with Crippen molar-refractivity contribution >= 4 is 10.9 Å². The molecule has 26 heavy (non-hydrogen) atoms. The summed E-state index contributed by atoms with van der Waals surface area (Å²) in [5, 5.41) is 1.35. The van der Waals surface area contributed by atoms with Crippen molar-refractivity contribution in [2.24, 2.45) is 0 Å². The third-order valence-corrected chi connectivity index (χ3v) is 5.37. The molecule has 3 nitrogen and oxygen atoms in total. The molecule has 0 amide bonds. The van der Waals surface area contributed by atoms with Crippen molar-refractivity contribution in [2.75, 3.05) is 32.7 Å². The number of rotatable bonds is 5. The van der Waals surface area contributed by atoms with Gasteiger partial charge in [0.05, 0.1) is 0 Å². The van der Waals surface area contributed by atoms with E-state index in [0.717, 1.165) is 45.7 Å². The van der Waals surface area contributed by atoms with E-state index in [1.54, 1.807) is 12.1 Å². The molecular formula is C22H26FN3. The first kappa shape index (κ1) is 17.3. The molecule has 1 fully saturated rings.